The lowest BCUT2D eigenvalue weighted by atomic mass is 9.91. The van der Waals surface area contributed by atoms with Crippen LogP contribution in [-0.2, 0) is 0 Å². The van der Waals surface area contributed by atoms with E-state index >= 15 is 0 Å². The van der Waals surface area contributed by atoms with Gasteiger partial charge in [-0.2, -0.15) is 0 Å². The Labute approximate surface area is 110 Å². The third-order valence-corrected chi connectivity index (χ3v) is 3.03. The van der Waals surface area contributed by atoms with Gasteiger partial charge in [0.2, 0.25) is 0 Å². The minimum absolute atomic E-state index is 0.319. The second-order valence-electron chi connectivity index (χ2n) is 4.45. The van der Waals surface area contributed by atoms with E-state index in [1.54, 1.807) is 54.6 Å². The minimum atomic E-state index is -2.71. The number of aryl methyl sites for hydroxylation is 1. The first-order valence-electron chi connectivity index (χ1n) is 6.03. The zero-order valence-electron chi connectivity index (χ0n) is 10.5. The van der Waals surface area contributed by atoms with Gasteiger partial charge in [-0.1, -0.05) is 60.2 Å². The van der Waals surface area contributed by atoms with E-state index in [2.05, 4.69) is 0 Å². The molecule has 0 N–H and O–H groups in total. The molecule has 2 rings (SSSR count). The van der Waals surface area contributed by atoms with Crippen LogP contribution in [0.5, 0.6) is 0 Å². The normalized spacial score (nSPS) is 12.4. The summed E-state index contributed by atoms with van der Waals surface area (Å²) in [7, 11) is 0. The summed E-state index contributed by atoms with van der Waals surface area (Å²) in [6.45, 7) is 1.88. The summed E-state index contributed by atoms with van der Waals surface area (Å²) in [4.78, 5) is 12.2. The van der Waals surface area contributed by atoms with Crippen LogP contribution in [0.1, 0.15) is 27.4 Å². The zero-order chi connectivity index (χ0) is 13.8. The van der Waals surface area contributed by atoms with Crippen molar-refractivity contribution in [3.8, 4) is 0 Å². The molecule has 0 saturated heterocycles. The van der Waals surface area contributed by atoms with Gasteiger partial charge in [0.1, 0.15) is 5.92 Å². The van der Waals surface area contributed by atoms with E-state index in [0.29, 0.717) is 11.1 Å². The third kappa shape index (κ3) is 3.05. The van der Waals surface area contributed by atoms with Crippen molar-refractivity contribution in [3.05, 3.63) is 71.3 Å². The summed E-state index contributed by atoms with van der Waals surface area (Å²) in [5, 5.41) is 0. The lowest BCUT2D eigenvalue weighted by molar-refractivity contribution is 0.0735. The highest BCUT2D eigenvalue weighted by atomic mass is 19.3. The molecule has 1 unspecified atom stereocenters. The monoisotopic (exact) mass is 260 g/mol. The smallest absolute Gasteiger partial charge is 0.252 e. The average molecular weight is 260 g/mol. The van der Waals surface area contributed by atoms with Gasteiger partial charge in [0.25, 0.3) is 6.43 Å². The number of ketones is 1. The van der Waals surface area contributed by atoms with Crippen molar-refractivity contribution in [1.29, 1.82) is 0 Å². The van der Waals surface area contributed by atoms with Crippen LogP contribution in [-0.4, -0.2) is 12.2 Å². The predicted molar refractivity (Wildman–Crippen MR) is 70.7 cm³/mol. The maximum atomic E-state index is 13.2. The van der Waals surface area contributed by atoms with E-state index in [9.17, 15) is 13.6 Å². The maximum Gasteiger partial charge on any atom is 0.252 e. The quantitative estimate of drug-likeness (QED) is 0.752. The first-order chi connectivity index (χ1) is 9.09. The Kier molecular flexibility index (Phi) is 4.05. The van der Waals surface area contributed by atoms with E-state index in [1.165, 1.54) is 0 Å². The van der Waals surface area contributed by atoms with Crippen molar-refractivity contribution >= 4 is 5.78 Å². The molecule has 2 aromatic rings. The molecule has 0 aliphatic heterocycles. The van der Waals surface area contributed by atoms with E-state index in [0.717, 1.165) is 5.56 Å². The summed E-state index contributed by atoms with van der Waals surface area (Å²) in [5.41, 5.74) is 1.66. The number of benzene rings is 2. The molecule has 2 aromatic carbocycles. The number of hydrogen-bond donors (Lipinski definition) is 0. The standard InChI is InChI=1S/C16H14F2O/c1-11-7-9-13(10-8-11)15(19)14(16(17)18)12-5-3-2-4-6-12/h2-10,14,16H,1H3. The van der Waals surface area contributed by atoms with Crippen molar-refractivity contribution in [1.82, 2.24) is 0 Å². The Morgan fingerprint density at radius 1 is 0.947 bits per heavy atom. The number of alkyl halides is 2. The van der Waals surface area contributed by atoms with Gasteiger partial charge in [-0.05, 0) is 12.5 Å². The largest absolute Gasteiger partial charge is 0.293 e. The Morgan fingerprint density at radius 3 is 2.05 bits per heavy atom. The minimum Gasteiger partial charge on any atom is -0.293 e. The molecule has 0 radical (unpaired) electrons. The van der Waals surface area contributed by atoms with Crippen LogP contribution in [0, 0.1) is 6.92 Å². The number of halogens is 2. The molecule has 0 aliphatic rings. The molecule has 1 atom stereocenters. The summed E-state index contributed by atoms with van der Waals surface area (Å²) in [5.74, 6) is -1.94. The first-order valence-corrected chi connectivity index (χ1v) is 6.03. The Bertz CT molecular complexity index is 547. The number of carbonyl (C=O) groups is 1. The van der Waals surface area contributed by atoms with Gasteiger partial charge in [-0.25, -0.2) is 8.78 Å². The third-order valence-electron chi connectivity index (χ3n) is 3.03. The molecular formula is C16H14F2O. The van der Waals surface area contributed by atoms with Gasteiger partial charge in [0, 0.05) is 5.56 Å². The molecule has 0 fully saturated rings. The molecule has 0 bridgehead atoms. The Hall–Kier alpha value is -2.03. The van der Waals surface area contributed by atoms with E-state index < -0.39 is 18.1 Å². The molecule has 0 heterocycles. The molecule has 3 heteroatoms. The zero-order valence-corrected chi connectivity index (χ0v) is 10.5. The van der Waals surface area contributed by atoms with Crippen molar-refractivity contribution in [2.24, 2.45) is 0 Å². The number of carbonyl (C=O) groups excluding carboxylic acids is 1. The SMILES string of the molecule is Cc1ccc(C(=O)C(c2ccccc2)C(F)F)cc1. The van der Waals surface area contributed by atoms with Gasteiger partial charge in [-0.15, -0.1) is 0 Å². The molecular weight excluding hydrogens is 246 g/mol. The van der Waals surface area contributed by atoms with Crippen LogP contribution >= 0.6 is 0 Å². The van der Waals surface area contributed by atoms with Gasteiger partial charge in [-0.3, -0.25) is 4.79 Å². The maximum absolute atomic E-state index is 13.2. The van der Waals surface area contributed by atoms with Crippen LogP contribution in [0.4, 0.5) is 8.78 Å². The number of Topliss-reactive ketones (excluding diaryl/α,β-unsaturated/α-hetero) is 1. The van der Waals surface area contributed by atoms with Crippen molar-refractivity contribution in [3.63, 3.8) is 0 Å². The fraction of sp³-hybridized carbons (Fsp3) is 0.188. The fourth-order valence-electron chi connectivity index (χ4n) is 1.97. The second-order valence-corrected chi connectivity index (χ2v) is 4.45. The summed E-state index contributed by atoms with van der Waals surface area (Å²) in [6.07, 6.45) is -2.71. The fourth-order valence-corrected chi connectivity index (χ4v) is 1.97. The first kappa shape index (κ1) is 13.4. The van der Waals surface area contributed by atoms with Crippen LogP contribution in [0.3, 0.4) is 0 Å². The summed E-state index contributed by atoms with van der Waals surface area (Å²) in [6, 6.07) is 14.9. The molecule has 0 spiro atoms. The van der Waals surface area contributed by atoms with Crippen LogP contribution < -0.4 is 0 Å². The van der Waals surface area contributed by atoms with Crippen LogP contribution in [0.25, 0.3) is 0 Å². The van der Waals surface area contributed by atoms with Crippen molar-refractivity contribution < 1.29 is 13.6 Å². The number of rotatable bonds is 4. The van der Waals surface area contributed by atoms with E-state index in [4.69, 9.17) is 0 Å². The topological polar surface area (TPSA) is 17.1 Å². The lowest BCUT2D eigenvalue weighted by Crippen LogP contribution is -2.20. The second kappa shape index (κ2) is 5.74. The Balaban J connectivity index is 2.35. The summed E-state index contributed by atoms with van der Waals surface area (Å²) < 4.78 is 26.4. The number of hydrogen-bond acceptors (Lipinski definition) is 1. The van der Waals surface area contributed by atoms with Gasteiger partial charge < -0.3 is 0 Å². The van der Waals surface area contributed by atoms with Gasteiger partial charge in [0.05, 0.1) is 0 Å². The van der Waals surface area contributed by atoms with Gasteiger partial charge in [0.15, 0.2) is 5.78 Å². The highest BCUT2D eigenvalue weighted by molar-refractivity contribution is 6.01. The van der Waals surface area contributed by atoms with Crippen LogP contribution in [0.2, 0.25) is 0 Å². The average Bonchev–Trinajstić information content (AvgIpc) is 2.40. The molecule has 0 aliphatic carbocycles. The molecule has 0 saturated carbocycles. The molecule has 19 heavy (non-hydrogen) atoms. The molecule has 0 amide bonds. The van der Waals surface area contributed by atoms with Crippen LogP contribution in [0.15, 0.2) is 54.6 Å². The Morgan fingerprint density at radius 2 is 1.53 bits per heavy atom. The van der Waals surface area contributed by atoms with Crippen molar-refractivity contribution in [2.45, 2.75) is 19.3 Å². The van der Waals surface area contributed by atoms with E-state index in [1.807, 2.05) is 6.92 Å². The predicted octanol–water partition coefficient (Wildman–Crippen LogP) is 4.23. The van der Waals surface area contributed by atoms with Gasteiger partial charge >= 0.3 is 0 Å². The molecule has 1 nitrogen and oxygen atoms in total. The lowest BCUT2D eigenvalue weighted by Gasteiger charge is -2.15. The molecule has 98 valence electrons. The van der Waals surface area contributed by atoms with Crippen molar-refractivity contribution in [2.75, 3.05) is 0 Å². The summed E-state index contributed by atoms with van der Waals surface area (Å²) >= 11 is 0. The highest BCUT2D eigenvalue weighted by Crippen LogP contribution is 2.27. The molecule has 0 aromatic heterocycles. The van der Waals surface area contributed by atoms with E-state index in [-0.39, 0.29) is 0 Å². The highest BCUT2D eigenvalue weighted by Gasteiger charge is 2.30.